The number of urea groups is 1. The third kappa shape index (κ3) is 2.98. The lowest BCUT2D eigenvalue weighted by Crippen LogP contribution is -2.50. The van der Waals surface area contributed by atoms with Gasteiger partial charge in [0.1, 0.15) is 11.6 Å². The summed E-state index contributed by atoms with van der Waals surface area (Å²) in [6.45, 7) is 2.52. The molecule has 128 valence electrons. The van der Waals surface area contributed by atoms with Gasteiger partial charge in [-0.1, -0.05) is 23.7 Å². The molecule has 0 radical (unpaired) electrons. The van der Waals surface area contributed by atoms with Gasteiger partial charge >= 0.3 is 6.03 Å². The van der Waals surface area contributed by atoms with Gasteiger partial charge in [-0.15, -0.1) is 0 Å². The first-order chi connectivity index (χ1) is 12.1. The molecular formula is C17H17ClN6O. The van der Waals surface area contributed by atoms with Crippen LogP contribution in [0.25, 0.3) is 22.4 Å². The third-order valence-electron chi connectivity index (χ3n) is 4.40. The van der Waals surface area contributed by atoms with E-state index in [-0.39, 0.29) is 6.03 Å². The number of aromatic nitrogens is 3. The average Bonchev–Trinajstić information content (AvgIpc) is 3.06. The fourth-order valence-corrected chi connectivity index (χ4v) is 3.21. The van der Waals surface area contributed by atoms with Gasteiger partial charge < -0.3 is 20.5 Å². The Labute approximate surface area is 149 Å². The Morgan fingerprint density at radius 3 is 2.68 bits per heavy atom. The number of nitrogens with one attached hydrogen (secondary N) is 1. The van der Waals surface area contributed by atoms with E-state index < -0.39 is 0 Å². The molecular weight excluding hydrogens is 340 g/mol. The fourth-order valence-electron chi connectivity index (χ4n) is 3.02. The summed E-state index contributed by atoms with van der Waals surface area (Å²) in [6, 6.07) is 9.39. The topological polar surface area (TPSA) is 91.1 Å². The highest BCUT2D eigenvalue weighted by Gasteiger charge is 2.21. The third-order valence-corrected chi connectivity index (χ3v) is 4.70. The highest BCUT2D eigenvalue weighted by molar-refractivity contribution is 6.33. The van der Waals surface area contributed by atoms with Gasteiger partial charge in [0.2, 0.25) is 0 Å². The summed E-state index contributed by atoms with van der Waals surface area (Å²) in [5, 5.41) is 0.540. The van der Waals surface area contributed by atoms with Crippen molar-refractivity contribution in [2.24, 2.45) is 5.73 Å². The second kappa shape index (κ2) is 6.25. The molecule has 1 saturated heterocycles. The van der Waals surface area contributed by atoms with Crippen molar-refractivity contribution >= 4 is 34.5 Å². The minimum atomic E-state index is -0.383. The Morgan fingerprint density at radius 2 is 1.96 bits per heavy atom. The normalized spacial score (nSPS) is 14.9. The number of piperazine rings is 1. The number of rotatable bonds is 2. The summed E-state index contributed by atoms with van der Waals surface area (Å²) in [5.74, 6) is 1.52. The van der Waals surface area contributed by atoms with Gasteiger partial charge in [-0.2, -0.15) is 0 Å². The highest BCUT2D eigenvalue weighted by atomic mass is 35.5. The predicted octanol–water partition coefficient (Wildman–Crippen LogP) is 2.48. The number of halogens is 1. The van der Waals surface area contributed by atoms with Crippen LogP contribution in [-0.4, -0.2) is 52.1 Å². The number of hydrogen-bond acceptors (Lipinski definition) is 4. The van der Waals surface area contributed by atoms with Crippen LogP contribution in [0.1, 0.15) is 0 Å². The number of primary amides is 1. The number of anilines is 1. The van der Waals surface area contributed by atoms with Gasteiger partial charge in [0.05, 0.1) is 16.1 Å². The van der Waals surface area contributed by atoms with E-state index >= 15 is 0 Å². The highest BCUT2D eigenvalue weighted by Crippen LogP contribution is 2.30. The Balaban J connectivity index is 1.64. The molecule has 8 heteroatoms. The van der Waals surface area contributed by atoms with Crippen LogP contribution < -0.4 is 10.6 Å². The molecule has 2 aromatic heterocycles. The van der Waals surface area contributed by atoms with E-state index in [1.165, 1.54) is 0 Å². The lowest BCUT2D eigenvalue weighted by atomic mass is 10.2. The maximum atomic E-state index is 11.3. The first-order valence-corrected chi connectivity index (χ1v) is 8.39. The number of carbonyl (C=O) groups excluding carboxylic acids is 1. The molecule has 25 heavy (non-hydrogen) atoms. The van der Waals surface area contributed by atoms with E-state index in [4.69, 9.17) is 17.3 Å². The number of carbonyl (C=O) groups is 1. The Hall–Kier alpha value is -2.80. The van der Waals surface area contributed by atoms with Crippen molar-refractivity contribution in [2.75, 3.05) is 31.1 Å². The number of nitrogens with zero attached hydrogens (tertiary/aromatic N) is 4. The summed E-state index contributed by atoms with van der Waals surface area (Å²) >= 11 is 6.35. The summed E-state index contributed by atoms with van der Waals surface area (Å²) in [6.07, 6.45) is 1.64. The van der Waals surface area contributed by atoms with Gasteiger partial charge in [0.15, 0.2) is 0 Å². The van der Waals surface area contributed by atoms with Crippen molar-refractivity contribution in [2.45, 2.75) is 0 Å². The first-order valence-electron chi connectivity index (χ1n) is 8.02. The van der Waals surface area contributed by atoms with E-state index in [9.17, 15) is 4.79 Å². The maximum absolute atomic E-state index is 11.3. The summed E-state index contributed by atoms with van der Waals surface area (Å²) in [5.41, 5.74) is 7.99. The van der Waals surface area contributed by atoms with Crippen LogP contribution in [-0.2, 0) is 0 Å². The van der Waals surface area contributed by atoms with Crippen molar-refractivity contribution in [3.63, 3.8) is 0 Å². The van der Waals surface area contributed by atoms with E-state index in [1.807, 2.05) is 30.3 Å². The number of H-pyrrole nitrogens is 1. The number of amides is 2. The number of imidazole rings is 1. The molecule has 0 saturated carbocycles. The molecule has 3 N–H and O–H groups in total. The molecule has 0 unspecified atom stereocenters. The van der Waals surface area contributed by atoms with Gasteiger partial charge in [-0.05, 0) is 18.2 Å². The van der Waals surface area contributed by atoms with Crippen LogP contribution in [0.2, 0.25) is 5.02 Å². The molecule has 7 nitrogen and oxygen atoms in total. The first kappa shape index (κ1) is 15.7. The zero-order valence-corrected chi connectivity index (χ0v) is 14.2. The zero-order chi connectivity index (χ0) is 17.4. The van der Waals surface area contributed by atoms with Crippen molar-refractivity contribution in [1.82, 2.24) is 19.9 Å². The van der Waals surface area contributed by atoms with E-state index in [2.05, 4.69) is 19.9 Å². The smallest absolute Gasteiger partial charge is 0.314 e. The molecule has 0 bridgehead atoms. The van der Waals surface area contributed by atoms with Gasteiger partial charge in [0.25, 0.3) is 0 Å². The number of pyridine rings is 1. The van der Waals surface area contributed by atoms with Crippen LogP contribution in [0, 0.1) is 0 Å². The number of para-hydroxylation sites is 2. The van der Waals surface area contributed by atoms with E-state index in [1.54, 1.807) is 11.1 Å². The minimum Gasteiger partial charge on any atom is -0.353 e. The molecule has 3 aromatic rings. The maximum Gasteiger partial charge on any atom is 0.314 e. The Kier molecular flexibility index (Phi) is 3.93. The molecule has 1 aliphatic heterocycles. The predicted molar refractivity (Wildman–Crippen MR) is 97.7 cm³/mol. The molecule has 3 heterocycles. The van der Waals surface area contributed by atoms with Gasteiger partial charge in [0, 0.05) is 37.9 Å². The number of benzene rings is 1. The quantitative estimate of drug-likeness (QED) is 0.738. The van der Waals surface area contributed by atoms with Crippen molar-refractivity contribution < 1.29 is 4.79 Å². The minimum absolute atomic E-state index is 0.383. The Morgan fingerprint density at radius 1 is 1.20 bits per heavy atom. The van der Waals surface area contributed by atoms with Crippen molar-refractivity contribution in [3.05, 3.63) is 41.6 Å². The zero-order valence-electron chi connectivity index (χ0n) is 13.4. The molecule has 0 aliphatic carbocycles. The standard InChI is InChI=1S/C17H17ClN6O/c18-12-10-20-15(23-5-7-24(8-6-23)17(19)25)9-11(12)16-21-13-3-1-2-4-14(13)22-16/h1-4,9-10H,5-8H2,(H2,19,25)(H,21,22). The summed E-state index contributed by atoms with van der Waals surface area (Å²) < 4.78 is 0. The number of nitrogens with two attached hydrogens (primary N) is 1. The van der Waals surface area contributed by atoms with Crippen LogP contribution in [0.15, 0.2) is 36.5 Å². The fraction of sp³-hybridized carbons (Fsp3) is 0.235. The number of fused-ring (bicyclic) bond motifs is 1. The molecule has 0 spiro atoms. The van der Waals surface area contributed by atoms with Gasteiger partial charge in [-0.25, -0.2) is 14.8 Å². The number of aromatic amines is 1. The summed E-state index contributed by atoms with van der Waals surface area (Å²) in [4.78, 5) is 27.3. The van der Waals surface area contributed by atoms with Gasteiger partial charge in [-0.3, -0.25) is 0 Å². The second-order valence-electron chi connectivity index (χ2n) is 5.94. The van der Waals surface area contributed by atoms with Crippen LogP contribution in [0.4, 0.5) is 10.6 Å². The van der Waals surface area contributed by atoms with Crippen LogP contribution in [0.5, 0.6) is 0 Å². The molecule has 1 aromatic carbocycles. The molecule has 0 atom stereocenters. The molecule has 4 rings (SSSR count). The molecule has 1 fully saturated rings. The number of hydrogen-bond donors (Lipinski definition) is 2. The monoisotopic (exact) mass is 356 g/mol. The SMILES string of the molecule is NC(=O)N1CCN(c2cc(-c3nc4ccccc4[nH]3)c(Cl)cn2)CC1. The van der Waals surface area contributed by atoms with Crippen molar-refractivity contribution in [1.29, 1.82) is 0 Å². The van der Waals surface area contributed by atoms with E-state index in [0.717, 1.165) is 22.4 Å². The van der Waals surface area contributed by atoms with E-state index in [0.29, 0.717) is 37.0 Å². The molecule has 2 amide bonds. The van der Waals surface area contributed by atoms with Crippen molar-refractivity contribution in [3.8, 4) is 11.4 Å². The lowest BCUT2D eigenvalue weighted by Gasteiger charge is -2.34. The molecule has 1 aliphatic rings. The largest absolute Gasteiger partial charge is 0.353 e. The summed E-state index contributed by atoms with van der Waals surface area (Å²) in [7, 11) is 0. The lowest BCUT2D eigenvalue weighted by molar-refractivity contribution is 0.204. The van der Waals surface area contributed by atoms with Crippen LogP contribution in [0.3, 0.4) is 0 Å². The Bertz CT molecular complexity index is 899. The average molecular weight is 357 g/mol. The van der Waals surface area contributed by atoms with Crippen LogP contribution >= 0.6 is 11.6 Å². The second-order valence-corrected chi connectivity index (χ2v) is 6.34.